The van der Waals surface area contributed by atoms with Crippen molar-refractivity contribution >= 4 is 27.5 Å². The number of ether oxygens (including phenoxy) is 1. The van der Waals surface area contributed by atoms with E-state index in [0.29, 0.717) is 11.4 Å². The molecule has 3 aromatic carbocycles. The molecule has 1 N–H and O–H groups in total. The number of carbonyl (C=O) groups excluding carboxylic acids is 2. The van der Waals surface area contributed by atoms with Gasteiger partial charge in [0.25, 0.3) is 0 Å². The minimum atomic E-state index is -3.83. The molecule has 0 saturated heterocycles. The van der Waals surface area contributed by atoms with E-state index >= 15 is 0 Å². The van der Waals surface area contributed by atoms with Crippen LogP contribution in [0.25, 0.3) is 0 Å². The molecule has 9 heteroatoms. The van der Waals surface area contributed by atoms with E-state index in [1.807, 2.05) is 83.1 Å². The molecule has 0 aliphatic rings. The monoisotopic (exact) mass is 579 g/mol. The van der Waals surface area contributed by atoms with E-state index in [-0.39, 0.29) is 18.9 Å². The van der Waals surface area contributed by atoms with Crippen molar-refractivity contribution in [3.05, 3.63) is 95.1 Å². The van der Waals surface area contributed by atoms with E-state index < -0.39 is 34.1 Å². The lowest BCUT2D eigenvalue weighted by Gasteiger charge is -2.35. The predicted molar refractivity (Wildman–Crippen MR) is 163 cm³/mol. The largest absolute Gasteiger partial charge is 0.497 e. The molecule has 1 atom stereocenters. The Bertz CT molecular complexity index is 1470. The number of aryl methyl sites for hydroxylation is 2. The molecule has 0 aromatic heterocycles. The maximum Gasteiger partial charge on any atom is 0.244 e. The summed E-state index contributed by atoms with van der Waals surface area (Å²) in [6, 6.07) is 21.1. The number of rotatable bonds is 11. The standard InChI is InChI=1S/C32H41N3O5S/c1-23-16-17-27(18-24(23)2)35(41(7,38)39)22-30(36)34(21-26-14-11-15-28(19-26)40-6)29(31(37)33-32(3,4)5)20-25-12-9-8-10-13-25/h8-19,29H,20-22H2,1-7H3,(H,33,37)/t29-/m1/s1. The van der Waals surface area contributed by atoms with Crippen LogP contribution in [0.1, 0.15) is 43.0 Å². The lowest BCUT2D eigenvalue weighted by molar-refractivity contribution is -0.140. The number of methoxy groups -OCH3 is 1. The van der Waals surface area contributed by atoms with E-state index in [4.69, 9.17) is 4.74 Å². The molecule has 0 aliphatic carbocycles. The van der Waals surface area contributed by atoms with Crippen molar-refractivity contribution in [2.45, 2.75) is 59.2 Å². The SMILES string of the molecule is COc1cccc(CN(C(=O)CN(c2ccc(C)c(C)c2)S(C)(=O)=O)[C@H](Cc2ccccc2)C(=O)NC(C)(C)C)c1. The summed E-state index contributed by atoms with van der Waals surface area (Å²) in [7, 11) is -2.27. The Morgan fingerprint density at radius 1 is 0.902 bits per heavy atom. The molecular formula is C32H41N3O5S. The number of sulfonamides is 1. The molecule has 0 fully saturated rings. The van der Waals surface area contributed by atoms with Crippen molar-refractivity contribution in [1.82, 2.24) is 10.2 Å². The van der Waals surface area contributed by atoms with E-state index in [1.165, 1.54) is 4.90 Å². The average molecular weight is 580 g/mol. The molecule has 0 unspecified atom stereocenters. The predicted octanol–water partition coefficient (Wildman–Crippen LogP) is 4.63. The van der Waals surface area contributed by atoms with Gasteiger partial charge in [-0.1, -0.05) is 48.5 Å². The zero-order valence-corrected chi connectivity index (χ0v) is 25.8. The van der Waals surface area contributed by atoms with E-state index in [9.17, 15) is 18.0 Å². The Labute approximate surface area is 244 Å². The zero-order valence-electron chi connectivity index (χ0n) is 25.0. The zero-order chi connectivity index (χ0) is 30.4. The first kappa shape index (κ1) is 31.7. The van der Waals surface area contributed by atoms with Gasteiger partial charge in [-0.3, -0.25) is 13.9 Å². The fourth-order valence-corrected chi connectivity index (χ4v) is 5.31. The van der Waals surface area contributed by atoms with Gasteiger partial charge in [0.1, 0.15) is 18.3 Å². The molecule has 2 amide bonds. The maximum atomic E-state index is 14.2. The van der Waals surface area contributed by atoms with Gasteiger partial charge in [0, 0.05) is 18.5 Å². The number of hydrogen-bond donors (Lipinski definition) is 1. The molecule has 0 radical (unpaired) electrons. The number of amides is 2. The van der Waals surface area contributed by atoms with Crippen LogP contribution in [0.2, 0.25) is 0 Å². The summed E-state index contributed by atoms with van der Waals surface area (Å²) >= 11 is 0. The number of anilines is 1. The third-order valence-corrected chi connectivity index (χ3v) is 7.85. The second kappa shape index (κ2) is 13.2. The summed E-state index contributed by atoms with van der Waals surface area (Å²) in [6.45, 7) is 9.09. The minimum Gasteiger partial charge on any atom is -0.497 e. The van der Waals surface area contributed by atoms with Gasteiger partial charge in [-0.15, -0.1) is 0 Å². The second-order valence-corrected chi connectivity index (χ2v) is 13.3. The molecule has 0 heterocycles. The Morgan fingerprint density at radius 2 is 1.56 bits per heavy atom. The highest BCUT2D eigenvalue weighted by Crippen LogP contribution is 2.24. The average Bonchev–Trinajstić information content (AvgIpc) is 2.90. The lowest BCUT2D eigenvalue weighted by Crippen LogP contribution is -2.56. The van der Waals surface area contributed by atoms with Crippen molar-refractivity contribution in [3.63, 3.8) is 0 Å². The summed E-state index contributed by atoms with van der Waals surface area (Å²) in [5.74, 6) is -0.210. The smallest absolute Gasteiger partial charge is 0.244 e. The van der Waals surface area contributed by atoms with Gasteiger partial charge in [0.2, 0.25) is 21.8 Å². The van der Waals surface area contributed by atoms with Gasteiger partial charge >= 0.3 is 0 Å². The number of nitrogens with zero attached hydrogens (tertiary/aromatic N) is 2. The van der Waals surface area contributed by atoms with Crippen LogP contribution in [-0.4, -0.2) is 56.6 Å². The highest BCUT2D eigenvalue weighted by Gasteiger charge is 2.34. The van der Waals surface area contributed by atoms with E-state index in [2.05, 4.69) is 5.32 Å². The van der Waals surface area contributed by atoms with Gasteiger partial charge in [-0.25, -0.2) is 8.42 Å². The van der Waals surface area contributed by atoms with Crippen LogP contribution in [0.5, 0.6) is 5.75 Å². The molecule has 3 aromatic rings. The summed E-state index contributed by atoms with van der Waals surface area (Å²) in [6.07, 6.45) is 1.33. The van der Waals surface area contributed by atoms with Gasteiger partial charge < -0.3 is 15.0 Å². The fourth-order valence-electron chi connectivity index (χ4n) is 4.47. The van der Waals surface area contributed by atoms with Crippen LogP contribution in [0.3, 0.4) is 0 Å². The third kappa shape index (κ3) is 9.08. The van der Waals surface area contributed by atoms with E-state index in [1.54, 1.807) is 31.4 Å². The third-order valence-electron chi connectivity index (χ3n) is 6.71. The lowest BCUT2D eigenvalue weighted by atomic mass is 10.0. The van der Waals surface area contributed by atoms with Crippen molar-refractivity contribution < 1.29 is 22.7 Å². The Balaban J connectivity index is 2.10. The van der Waals surface area contributed by atoms with Gasteiger partial charge in [0.15, 0.2) is 0 Å². The molecule has 3 rings (SSSR count). The summed E-state index contributed by atoms with van der Waals surface area (Å²) in [4.78, 5) is 29.5. The van der Waals surface area contributed by atoms with E-state index in [0.717, 1.165) is 32.8 Å². The Hall–Kier alpha value is -3.85. The first-order chi connectivity index (χ1) is 19.2. The molecule has 8 nitrogen and oxygen atoms in total. The number of hydrogen-bond acceptors (Lipinski definition) is 5. The Kier molecular flexibility index (Phi) is 10.2. The van der Waals surface area contributed by atoms with Gasteiger partial charge in [-0.05, 0) is 81.1 Å². The molecule has 0 saturated carbocycles. The normalized spacial score (nSPS) is 12.4. The summed E-state index contributed by atoms with van der Waals surface area (Å²) in [5, 5.41) is 3.02. The van der Waals surface area contributed by atoms with Crippen LogP contribution < -0.4 is 14.4 Å². The maximum absolute atomic E-state index is 14.2. The Morgan fingerprint density at radius 3 is 2.15 bits per heavy atom. The second-order valence-electron chi connectivity index (χ2n) is 11.4. The molecular weight excluding hydrogens is 538 g/mol. The summed E-state index contributed by atoms with van der Waals surface area (Å²) in [5.41, 5.74) is 3.38. The number of carbonyl (C=O) groups is 2. The molecule has 0 bridgehead atoms. The number of nitrogens with one attached hydrogen (secondary N) is 1. The quantitative estimate of drug-likeness (QED) is 0.357. The molecule has 41 heavy (non-hydrogen) atoms. The first-order valence-electron chi connectivity index (χ1n) is 13.5. The summed E-state index contributed by atoms with van der Waals surface area (Å²) < 4.78 is 32.4. The minimum absolute atomic E-state index is 0.0790. The topological polar surface area (TPSA) is 96.0 Å². The van der Waals surface area contributed by atoms with Crippen molar-refractivity contribution in [2.24, 2.45) is 0 Å². The molecule has 0 aliphatic heterocycles. The van der Waals surface area contributed by atoms with Crippen LogP contribution >= 0.6 is 0 Å². The number of benzene rings is 3. The van der Waals surface area contributed by atoms with Crippen LogP contribution in [0.4, 0.5) is 5.69 Å². The first-order valence-corrected chi connectivity index (χ1v) is 15.4. The molecule has 0 spiro atoms. The van der Waals surface area contributed by atoms with Crippen LogP contribution in [0.15, 0.2) is 72.8 Å². The van der Waals surface area contributed by atoms with Crippen molar-refractivity contribution in [3.8, 4) is 5.75 Å². The highest BCUT2D eigenvalue weighted by atomic mass is 32.2. The van der Waals surface area contributed by atoms with Gasteiger partial charge in [0.05, 0.1) is 19.1 Å². The van der Waals surface area contributed by atoms with Crippen molar-refractivity contribution in [1.29, 1.82) is 0 Å². The highest BCUT2D eigenvalue weighted by molar-refractivity contribution is 7.92. The van der Waals surface area contributed by atoms with Crippen molar-refractivity contribution in [2.75, 3.05) is 24.2 Å². The van der Waals surface area contributed by atoms with Gasteiger partial charge in [-0.2, -0.15) is 0 Å². The van der Waals surface area contributed by atoms with Crippen LogP contribution in [-0.2, 0) is 32.6 Å². The van der Waals surface area contributed by atoms with Crippen LogP contribution in [0, 0.1) is 13.8 Å². The fraction of sp³-hybridized carbons (Fsp3) is 0.375. The molecule has 220 valence electrons.